The summed E-state index contributed by atoms with van der Waals surface area (Å²) in [6.45, 7) is 9.71. The standard InChI is InChI=1S/C22H22O5/c1-16(2)22(24)26-12-11-25-17(3)20-9-7-18(8-10-20)15-27-21-6-4-5-19(13-21)14-23/h4-10,13-14H,1,3,11-12,15H2,2H3. The van der Waals surface area contributed by atoms with Gasteiger partial charge in [-0.25, -0.2) is 4.79 Å². The van der Waals surface area contributed by atoms with Gasteiger partial charge in [0.05, 0.1) is 0 Å². The summed E-state index contributed by atoms with van der Waals surface area (Å²) in [5.74, 6) is 0.695. The molecule has 0 saturated heterocycles. The Morgan fingerprint density at radius 3 is 2.41 bits per heavy atom. The van der Waals surface area contributed by atoms with Crippen LogP contribution >= 0.6 is 0 Å². The first-order valence-corrected chi connectivity index (χ1v) is 8.41. The Labute approximate surface area is 158 Å². The van der Waals surface area contributed by atoms with E-state index >= 15 is 0 Å². The van der Waals surface area contributed by atoms with Gasteiger partial charge in [0.1, 0.15) is 37.6 Å². The molecule has 27 heavy (non-hydrogen) atoms. The summed E-state index contributed by atoms with van der Waals surface area (Å²) in [5.41, 5.74) is 2.72. The molecule has 5 nitrogen and oxygen atoms in total. The number of benzene rings is 2. The van der Waals surface area contributed by atoms with E-state index in [1.54, 1.807) is 31.2 Å². The largest absolute Gasteiger partial charge is 0.490 e. The number of ether oxygens (including phenoxy) is 3. The summed E-state index contributed by atoms with van der Waals surface area (Å²) in [5, 5.41) is 0. The molecule has 0 aliphatic carbocycles. The minimum atomic E-state index is -0.438. The third-order valence-electron chi connectivity index (χ3n) is 3.62. The monoisotopic (exact) mass is 366 g/mol. The molecule has 0 aliphatic heterocycles. The molecule has 0 saturated carbocycles. The average molecular weight is 366 g/mol. The Hall–Kier alpha value is -3.34. The Kier molecular flexibility index (Phi) is 7.37. The van der Waals surface area contributed by atoms with Crippen LogP contribution in [0.5, 0.6) is 5.75 Å². The van der Waals surface area contributed by atoms with Crippen LogP contribution in [0.1, 0.15) is 28.4 Å². The van der Waals surface area contributed by atoms with Crippen LogP contribution in [0.15, 0.2) is 67.3 Å². The molecule has 0 radical (unpaired) electrons. The maximum Gasteiger partial charge on any atom is 0.333 e. The molecular weight excluding hydrogens is 344 g/mol. The Morgan fingerprint density at radius 1 is 1.04 bits per heavy atom. The molecule has 0 aliphatic rings. The normalized spacial score (nSPS) is 9.96. The highest BCUT2D eigenvalue weighted by Gasteiger charge is 2.05. The van der Waals surface area contributed by atoms with Crippen LogP contribution in [0.2, 0.25) is 0 Å². The highest BCUT2D eigenvalue weighted by Crippen LogP contribution is 2.17. The van der Waals surface area contributed by atoms with E-state index < -0.39 is 5.97 Å². The van der Waals surface area contributed by atoms with Crippen molar-refractivity contribution in [2.45, 2.75) is 13.5 Å². The maximum atomic E-state index is 11.3. The maximum absolute atomic E-state index is 11.3. The number of hydrogen-bond acceptors (Lipinski definition) is 5. The van der Waals surface area contributed by atoms with Crippen LogP contribution in [0.25, 0.3) is 5.76 Å². The van der Waals surface area contributed by atoms with Crippen molar-refractivity contribution < 1.29 is 23.8 Å². The molecule has 2 aromatic carbocycles. The topological polar surface area (TPSA) is 61.8 Å². The van der Waals surface area contributed by atoms with Gasteiger partial charge in [-0.05, 0) is 24.6 Å². The molecule has 140 valence electrons. The summed E-state index contributed by atoms with van der Waals surface area (Å²) in [6, 6.07) is 14.6. The fraction of sp³-hybridized carbons (Fsp3) is 0.182. The molecule has 0 heterocycles. The van der Waals surface area contributed by atoms with E-state index in [0.29, 0.717) is 29.3 Å². The quantitative estimate of drug-likeness (QED) is 0.207. The van der Waals surface area contributed by atoms with Gasteiger partial charge in [0, 0.05) is 16.7 Å². The SMILES string of the molecule is C=C(C)C(=O)OCCOC(=C)c1ccc(COc2cccc(C=O)c2)cc1. The van der Waals surface area contributed by atoms with Crippen molar-refractivity contribution in [3.63, 3.8) is 0 Å². The van der Waals surface area contributed by atoms with Gasteiger partial charge in [-0.3, -0.25) is 4.79 Å². The van der Waals surface area contributed by atoms with E-state index in [-0.39, 0.29) is 13.2 Å². The smallest absolute Gasteiger partial charge is 0.333 e. The van der Waals surface area contributed by atoms with Crippen molar-refractivity contribution in [1.29, 1.82) is 0 Å². The van der Waals surface area contributed by atoms with Gasteiger partial charge in [0.25, 0.3) is 0 Å². The van der Waals surface area contributed by atoms with Crippen LogP contribution in [-0.4, -0.2) is 25.5 Å². The van der Waals surface area contributed by atoms with Crippen LogP contribution in [0, 0.1) is 0 Å². The van der Waals surface area contributed by atoms with E-state index in [4.69, 9.17) is 14.2 Å². The molecule has 0 amide bonds. The second-order valence-corrected chi connectivity index (χ2v) is 5.86. The zero-order valence-corrected chi connectivity index (χ0v) is 15.3. The lowest BCUT2D eigenvalue weighted by Gasteiger charge is -2.11. The zero-order chi connectivity index (χ0) is 19.6. The number of rotatable bonds is 10. The summed E-state index contributed by atoms with van der Waals surface area (Å²) >= 11 is 0. The molecular formula is C22H22O5. The van der Waals surface area contributed by atoms with Crippen molar-refractivity contribution >= 4 is 18.0 Å². The number of hydrogen-bond donors (Lipinski definition) is 0. The van der Waals surface area contributed by atoms with E-state index in [0.717, 1.165) is 17.4 Å². The van der Waals surface area contributed by atoms with Gasteiger partial charge in [-0.15, -0.1) is 0 Å². The van der Waals surface area contributed by atoms with E-state index in [9.17, 15) is 9.59 Å². The molecule has 0 atom stereocenters. The van der Waals surface area contributed by atoms with Crippen LogP contribution < -0.4 is 4.74 Å². The zero-order valence-electron chi connectivity index (χ0n) is 15.3. The minimum Gasteiger partial charge on any atom is -0.490 e. The third-order valence-corrected chi connectivity index (χ3v) is 3.62. The number of carbonyl (C=O) groups excluding carboxylic acids is 2. The lowest BCUT2D eigenvalue weighted by atomic mass is 10.1. The molecule has 2 aromatic rings. The van der Waals surface area contributed by atoms with E-state index in [1.807, 2.05) is 24.3 Å². The summed E-state index contributed by atoms with van der Waals surface area (Å²) in [7, 11) is 0. The van der Waals surface area contributed by atoms with E-state index in [2.05, 4.69) is 13.2 Å². The summed E-state index contributed by atoms with van der Waals surface area (Å²) in [6.07, 6.45) is 0.784. The fourth-order valence-electron chi connectivity index (χ4n) is 2.14. The number of carbonyl (C=O) groups is 2. The van der Waals surface area contributed by atoms with E-state index in [1.165, 1.54) is 0 Å². The van der Waals surface area contributed by atoms with Crippen LogP contribution in [-0.2, 0) is 20.9 Å². The van der Waals surface area contributed by atoms with Gasteiger partial charge in [-0.1, -0.05) is 49.6 Å². The Morgan fingerprint density at radius 2 is 1.74 bits per heavy atom. The van der Waals surface area contributed by atoms with Gasteiger partial charge in [0.2, 0.25) is 0 Å². The summed E-state index contributed by atoms with van der Waals surface area (Å²) < 4.78 is 16.1. The van der Waals surface area contributed by atoms with Crippen molar-refractivity contribution in [2.75, 3.05) is 13.2 Å². The van der Waals surface area contributed by atoms with Crippen molar-refractivity contribution in [1.82, 2.24) is 0 Å². The predicted molar refractivity (Wildman–Crippen MR) is 103 cm³/mol. The summed E-state index contributed by atoms with van der Waals surface area (Å²) in [4.78, 5) is 22.1. The fourth-order valence-corrected chi connectivity index (χ4v) is 2.14. The van der Waals surface area contributed by atoms with Crippen molar-refractivity contribution in [2.24, 2.45) is 0 Å². The number of esters is 1. The molecule has 0 aromatic heterocycles. The van der Waals surface area contributed by atoms with Crippen molar-refractivity contribution in [3.05, 3.63) is 84.0 Å². The second kappa shape index (κ2) is 9.97. The first-order valence-electron chi connectivity index (χ1n) is 8.41. The first kappa shape index (κ1) is 20.0. The van der Waals surface area contributed by atoms with Crippen LogP contribution in [0.4, 0.5) is 0 Å². The first-order chi connectivity index (χ1) is 13.0. The second-order valence-electron chi connectivity index (χ2n) is 5.86. The molecule has 0 unspecified atom stereocenters. The Balaban J connectivity index is 1.79. The lowest BCUT2D eigenvalue weighted by molar-refractivity contribution is -0.139. The average Bonchev–Trinajstić information content (AvgIpc) is 2.69. The Bertz CT molecular complexity index is 821. The predicted octanol–water partition coefficient (Wildman–Crippen LogP) is 4.18. The molecule has 0 bridgehead atoms. The van der Waals surface area contributed by atoms with Gasteiger partial charge < -0.3 is 14.2 Å². The highest BCUT2D eigenvalue weighted by atomic mass is 16.6. The van der Waals surface area contributed by atoms with Gasteiger partial charge in [0.15, 0.2) is 0 Å². The molecule has 5 heteroatoms. The highest BCUT2D eigenvalue weighted by molar-refractivity contribution is 5.86. The molecule has 0 fully saturated rings. The molecule has 2 rings (SSSR count). The molecule has 0 N–H and O–H groups in total. The van der Waals surface area contributed by atoms with Crippen molar-refractivity contribution in [3.8, 4) is 5.75 Å². The van der Waals surface area contributed by atoms with Gasteiger partial charge >= 0.3 is 5.97 Å². The lowest BCUT2D eigenvalue weighted by Crippen LogP contribution is -2.10. The third kappa shape index (κ3) is 6.47. The number of aldehydes is 1. The van der Waals surface area contributed by atoms with Crippen LogP contribution in [0.3, 0.4) is 0 Å². The van der Waals surface area contributed by atoms with Gasteiger partial charge in [-0.2, -0.15) is 0 Å². The minimum absolute atomic E-state index is 0.135. The molecule has 0 spiro atoms.